The highest BCUT2D eigenvalue weighted by molar-refractivity contribution is 5.89. The summed E-state index contributed by atoms with van der Waals surface area (Å²) in [6, 6.07) is 13.8. The lowest BCUT2D eigenvalue weighted by Crippen LogP contribution is -1.93. The number of nitrogens with one attached hydrogen (secondary N) is 1. The van der Waals surface area contributed by atoms with Gasteiger partial charge >= 0.3 is 0 Å². The van der Waals surface area contributed by atoms with Crippen molar-refractivity contribution in [2.45, 2.75) is 0 Å². The van der Waals surface area contributed by atoms with Gasteiger partial charge in [-0.25, -0.2) is 15.0 Å². The summed E-state index contributed by atoms with van der Waals surface area (Å²) in [5.41, 5.74) is 5.62. The van der Waals surface area contributed by atoms with E-state index in [4.69, 9.17) is 9.72 Å². The highest BCUT2D eigenvalue weighted by Crippen LogP contribution is 2.32. The van der Waals surface area contributed by atoms with Crippen molar-refractivity contribution in [2.24, 2.45) is 0 Å². The van der Waals surface area contributed by atoms with Crippen molar-refractivity contribution in [1.29, 1.82) is 0 Å². The van der Waals surface area contributed by atoms with Crippen molar-refractivity contribution in [3.05, 3.63) is 61.2 Å². The monoisotopic (exact) mass is 302 g/mol. The number of nitrogens with zero attached hydrogens (tertiary/aromatic N) is 3. The van der Waals surface area contributed by atoms with Gasteiger partial charge in [0.05, 0.1) is 29.5 Å². The molecule has 0 atom stereocenters. The summed E-state index contributed by atoms with van der Waals surface area (Å²) < 4.78 is 5.23. The average molecular weight is 302 g/mol. The number of rotatable bonds is 3. The number of benzene rings is 1. The Kier molecular flexibility index (Phi) is 3.24. The number of ether oxygens (including phenoxy) is 1. The Morgan fingerprint density at radius 3 is 2.65 bits per heavy atom. The smallest absolute Gasteiger partial charge is 0.118 e. The zero-order chi connectivity index (χ0) is 15.6. The maximum atomic E-state index is 5.23. The first kappa shape index (κ1) is 13.5. The van der Waals surface area contributed by atoms with Crippen LogP contribution in [0.15, 0.2) is 61.2 Å². The molecule has 3 heterocycles. The number of fused-ring (bicyclic) bond motifs is 1. The molecule has 3 aromatic heterocycles. The van der Waals surface area contributed by atoms with Gasteiger partial charge in [0.1, 0.15) is 12.1 Å². The Balaban J connectivity index is 1.95. The standard InChI is InChI=1S/C18H14N4O/c1-23-13-4-2-12(3-5-13)18-14(15-6-8-19-11-21-15)10-17-16(22-18)7-9-20-17/h2-11,20H,1H3. The number of methoxy groups -OCH3 is 1. The van der Waals surface area contributed by atoms with Gasteiger partial charge in [-0.05, 0) is 42.5 Å². The van der Waals surface area contributed by atoms with E-state index in [0.717, 1.165) is 39.3 Å². The van der Waals surface area contributed by atoms with Gasteiger partial charge in [-0.3, -0.25) is 0 Å². The van der Waals surface area contributed by atoms with Crippen LogP contribution in [0.4, 0.5) is 0 Å². The molecule has 0 aliphatic rings. The molecule has 4 aromatic rings. The largest absolute Gasteiger partial charge is 0.497 e. The van der Waals surface area contributed by atoms with Gasteiger partial charge in [-0.15, -0.1) is 0 Å². The molecule has 1 aromatic carbocycles. The molecule has 0 spiro atoms. The van der Waals surface area contributed by atoms with Crippen LogP contribution in [0.2, 0.25) is 0 Å². The second kappa shape index (κ2) is 5.53. The molecule has 4 rings (SSSR count). The van der Waals surface area contributed by atoms with Gasteiger partial charge in [0, 0.05) is 23.5 Å². The Morgan fingerprint density at radius 2 is 1.91 bits per heavy atom. The molecule has 112 valence electrons. The minimum Gasteiger partial charge on any atom is -0.497 e. The lowest BCUT2D eigenvalue weighted by molar-refractivity contribution is 0.415. The van der Waals surface area contributed by atoms with Crippen LogP contribution in [0.3, 0.4) is 0 Å². The molecule has 0 radical (unpaired) electrons. The highest BCUT2D eigenvalue weighted by Gasteiger charge is 2.13. The third kappa shape index (κ3) is 2.42. The van der Waals surface area contributed by atoms with Crippen LogP contribution in [0.25, 0.3) is 33.5 Å². The summed E-state index contributed by atoms with van der Waals surface area (Å²) in [5, 5.41) is 0. The Hall–Kier alpha value is -3.21. The number of aromatic amines is 1. The van der Waals surface area contributed by atoms with E-state index < -0.39 is 0 Å². The first-order chi connectivity index (χ1) is 11.3. The highest BCUT2D eigenvalue weighted by atomic mass is 16.5. The van der Waals surface area contributed by atoms with E-state index in [1.165, 1.54) is 0 Å². The fraction of sp³-hybridized carbons (Fsp3) is 0.0556. The van der Waals surface area contributed by atoms with Crippen molar-refractivity contribution in [3.63, 3.8) is 0 Å². The van der Waals surface area contributed by atoms with Gasteiger partial charge < -0.3 is 9.72 Å². The molecular formula is C18H14N4O. The number of hydrogen-bond donors (Lipinski definition) is 1. The number of pyridine rings is 1. The van der Waals surface area contributed by atoms with Gasteiger partial charge in [0.2, 0.25) is 0 Å². The molecule has 0 unspecified atom stereocenters. The molecule has 0 saturated carbocycles. The predicted octanol–water partition coefficient (Wildman–Crippen LogP) is 3.70. The van der Waals surface area contributed by atoms with Crippen LogP contribution in [-0.2, 0) is 0 Å². The van der Waals surface area contributed by atoms with E-state index >= 15 is 0 Å². The second-order valence-electron chi connectivity index (χ2n) is 5.12. The van der Waals surface area contributed by atoms with Gasteiger partial charge in [0.25, 0.3) is 0 Å². The van der Waals surface area contributed by atoms with Crippen molar-refractivity contribution in [1.82, 2.24) is 19.9 Å². The van der Waals surface area contributed by atoms with E-state index in [0.29, 0.717) is 0 Å². The van der Waals surface area contributed by atoms with Gasteiger partial charge in [-0.2, -0.15) is 0 Å². The summed E-state index contributed by atoms with van der Waals surface area (Å²) in [6.45, 7) is 0. The van der Waals surface area contributed by atoms with Gasteiger partial charge in [0.15, 0.2) is 0 Å². The molecule has 5 nitrogen and oxygen atoms in total. The molecular weight excluding hydrogens is 288 g/mol. The maximum absolute atomic E-state index is 5.23. The summed E-state index contributed by atoms with van der Waals surface area (Å²) in [6.07, 6.45) is 5.17. The van der Waals surface area contributed by atoms with E-state index in [-0.39, 0.29) is 0 Å². The molecule has 0 bridgehead atoms. The fourth-order valence-electron chi connectivity index (χ4n) is 2.59. The molecule has 0 aliphatic carbocycles. The predicted molar refractivity (Wildman–Crippen MR) is 89.1 cm³/mol. The van der Waals surface area contributed by atoms with Crippen LogP contribution in [0.1, 0.15) is 0 Å². The SMILES string of the molecule is COc1ccc(-c2nc3cc[nH]c3cc2-c2ccncn2)cc1. The number of hydrogen-bond acceptors (Lipinski definition) is 4. The topological polar surface area (TPSA) is 63.7 Å². The van der Waals surface area contributed by atoms with E-state index in [1.54, 1.807) is 19.6 Å². The Morgan fingerprint density at radius 1 is 1.04 bits per heavy atom. The van der Waals surface area contributed by atoms with Crippen LogP contribution in [-0.4, -0.2) is 27.0 Å². The Bertz CT molecular complexity index is 946. The van der Waals surface area contributed by atoms with Crippen molar-refractivity contribution in [3.8, 4) is 28.3 Å². The summed E-state index contributed by atoms with van der Waals surface area (Å²) >= 11 is 0. The van der Waals surface area contributed by atoms with Crippen LogP contribution >= 0.6 is 0 Å². The minimum atomic E-state index is 0.819. The van der Waals surface area contributed by atoms with Crippen molar-refractivity contribution >= 4 is 11.0 Å². The van der Waals surface area contributed by atoms with Crippen LogP contribution in [0, 0.1) is 0 Å². The number of H-pyrrole nitrogens is 1. The maximum Gasteiger partial charge on any atom is 0.118 e. The molecule has 5 heteroatoms. The lowest BCUT2D eigenvalue weighted by Gasteiger charge is -2.10. The zero-order valence-electron chi connectivity index (χ0n) is 12.5. The molecule has 0 amide bonds. The molecule has 0 aliphatic heterocycles. The first-order valence-electron chi connectivity index (χ1n) is 7.24. The second-order valence-corrected chi connectivity index (χ2v) is 5.12. The molecule has 1 N–H and O–H groups in total. The zero-order valence-corrected chi connectivity index (χ0v) is 12.5. The fourth-order valence-corrected chi connectivity index (χ4v) is 2.59. The third-order valence-corrected chi connectivity index (χ3v) is 3.75. The minimum absolute atomic E-state index is 0.819. The van der Waals surface area contributed by atoms with Crippen molar-refractivity contribution in [2.75, 3.05) is 7.11 Å². The van der Waals surface area contributed by atoms with Crippen LogP contribution < -0.4 is 4.74 Å². The first-order valence-corrected chi connectivity index (χ1v) is 7.24. The van der Waals surface area contributed by atoms with Gasteiger partial charge in [-0.1, -0.05) is 0 Å². The normalized spacial score (nSPS) is 10.8. The van der Waals surface area contributed by atoms with Crippen LogP contribution in [0.5, 0.6) is 5.75 Å². The van der Waals surface area contributed by atoms with E-state index in [1.807, 2.05) is 42.6 Å². The summed E-state index contributed by atoms with van der Waals surface area (Å²) in [5.74, 6) is 0.819. The van der Waals surface area contributed by atoms with Crippen molar-refractivity contribution < 1.29 is 4.74 Å². The molecule has 0 saturated heterocycles. The quantitative estimate of drug-likeness (QED) is 0.627. The lowest BCUT2D eigenvalue weighted by atomic mass is 10.0. The molecule has 23 heavy (non-hydrogen) atoms. The Labute approximate surface area is 133 Å². The third-order valence-electron chi connectivity index (χ3n) is 3.75. The molecule has 0 fully saturated rings. The van der Waals surface area contributed by atoms with E-state index in [2.05, 4.69) is 21.0 Å². The summed E-state index contributed by atoms with van der Waals surface area (Å²) in [7, 11) is 1.66. The number of aromatic nitrogens is 4. The summed E-state index contributed by atoms with van der Waals surface area (Å²) in [4.78, 5) is 16.4. The van der Waals surface area contributed by atoms with E-state index in [9.17, 15) is 0 Å². The average Bonchev–Trinajstić information content (AvgIpc) is 3.09.